The van der Waals surface area contributed by atoms with Crippen LogP contribution in [0.5, 0.6) is 5.75 Å². The monoisotopic (exact) mass is 441 g/mol. The van der Waals surface area contributed by atoms with E-state index in [-0.39, 0.29) is 11.7 Å². The quantitative estimate of drug-likeness (QED) is 0.330. The average molecular weight is 442 g/mol. The van der Waals surface area contributed by atoms with E-state index in [1.54, 1.807) is 7.11 Å². The van der Waals surface area contributed by atoms with Gasteiger partial charge >= 0.3 is 0 Å². The first-order chi connectivity index (χ1) is 15.0. The van der Waals surface area contributed by atoms with E-state index in [0.717, 1.165) is 28.3 Å². The lowest BCUT2D eigenvalue weighted by Crippen LogP contribution is -2.38. The Labute approximate surface area is 186 Å². The summed E-state index contributed by atoms with van der Waals surface area (Å²) in [6.45, 7) is 1.97. The second-order valence-corrected chi connectivity index (χ2v) is 7.97. The summed E-state index contributed by atoms with van der Waals surface area (Å²) in [5, 5.41) is 13.7. The highest BCUT2D eigenvalue weighted by Gasteiger charge is 2.23. The third kappa shape index (κ3) is 6.33. The Morgan fingerprint density at radius 2 is 1.87 bits per heavy atom. The number of aryl methyl sites for hydroxylation is 1. The summed E-state index contributed by atoms with van der Waals surface area (Å²) in [5.74, 6) is 0.757. The third-order valence-electron chi connectivity index (χ3n) is 4.84. The Hall–Kier alpha value is -2.81. The first-order valence-electron chi connectivity index (χ1n) is 9.86. The van der Waals surface area contributed by atoms with Crippen molar-refractivity contribution in [3.8, 4) is 5.75 Å². The number of aliphatic hydroxyl groups is 1. The topological polar surface area (TPSA) is 96.5 Å². The van der Waals surface area contributed by atoms with Gasteiger partial charge < -0.3 is 24.9 Å². The lowest BCUT2D eigenvalue weighted by Gasteiger charge is -2.23. The molecule has 0 saturated heterocycles. The first-order valence-corrected chi connectivity index (χ1v) is 10.8. The van der Waals surface area contributed by atoms with E-state index in [4.69, 9.17) is 9.47 Å². The molecule has 8 heteroatoms. The summed E-state index contributed by atoms with van der Waals surface area (Å²) < 4.78 is 10.2. The van der Waals surface area contributed by atoms with Crippen LogP contribution in [0.25, 0.3) is 0 Å². The lowest BCUT2D eigenvalue weighted by molar-refractivity contribution is -0.128. The van der Waals surface area contributed by atoms with Crippen LogP contribution in [0.4, 0.5) is 0 Å². The smallest absolute Gasteiger partial charge is 0.231 e. The second-order valence-electron chi connectivity index (χ2n) is 7.01. The van der Waals surface area contributed by atoms with Crippen LogP contribution in [0.3, 0.4) is 0 Å². The maximum Gasteiger partial charge on any atom is 0.231 e. The number of H-pyrrole nitrogens is 1. The molecule has 0 aliphatic carbocycles. The third-order valence-corrected chi connectivity index (χ3v) is 5.71. The lowest BCUT2D eigenvalue weighted by atomic mass is 10.1. The molecule has 31 heavy (non-hydrogen) atoms. The van der Waals surface area contributed by atoms with E-state index >= 15 is 0 Å². The van der Waals surface area contributed by atoms with Crippen molar-refractivity contribution in [2.24, 2.45) is 0 Å². The van der Waals surface area contributed by atoms with Gasteiger partial charge in [0.2, 0.25) is 5.91 Å². The number of rotatable bonds is 10. The maximum atomic E-state index is 12.5. The molecule has 3 N–H and O–H groups in total. The number of thioether (sulfide) groups is 1. The molecule has 164 valence electrons. The largest absolute Gasteiger partial charge is 0.497 e. The number of aromatic nitrogens is 2. The van der Waals surface area contributed by atoms with Gasteiger partial charge in [-0.3, -0.25) is 4.79 Å². The molecule has 2 aromatic carbocycles. The van der Waals surface area contributed by atoms with Gasteiger partial charge in [0.1, 0.15) is 11.8 Å². The Morgan fingerprint density at radius 3 is 2.52 bits per heavy atom. The minimum Gasteiger partial charge on any atom is -0.497 e. The molecule has 0 aliphatic rings. The number of hydrogen-bond donors (Lipinski definition) is 3. The fourth-order valence-corrected chi connectivity index (χ4v) is 3.86. The molecule has 1 heterocycles. The summed E-state index contributed by atoms with van der Waals surface area (Å²) in [7, 11) is 3.04. The van der Waals surface area contributed by atoms with Gasteiger partial charge in [-0.15, -0.1) is 0 Å². The zero-order valence-corrected chi connectivity index (χ0v) is 18.6. The highest BCUT2D eigenvalue weighted by molar-refractivity contribution is 7.99. The van der Waals surface area contributed by atoms with E-state index < -0.39 is 12.3 Å². The number of carbonyl (C=O) groups is 1. The Kier molecular flexibility index (Phi) is 8.11. The number of aromatic amines is 1. The molecular formula is C23H27N3O4S. The molecule has 0 aliphatic heterocycles. The standard InChI is InChI=1S/C23H27N3O4S/c1-15-19(13-16-9-11-18(29-2)12-10-16)25-23(24-15)31-14-20(27)26-21(22(28)30-3)17-7-5-4-6-8-17/h4-12,21-22,28H,13-14H2,1-3H3,(H,24,25)(H,26,27). The summed E-state index contributed by atoms with van der Waals surface area (Å²) in [4.78, 5) is 20.4. The summed E-state index contributed by atoms with van der Waals surface area (Å²) in [6, 6.07) is 16.5. The molecule has 1 amide bonds. The van der Waals surface area contributed by atoms with Crippen molar-refractivity contribution in [2.75, 3.05) is 20.0 Å². The van der Waals surface area contributed by atoms with Crippen molar-refractivity contribution >= 4 is 17.7 Å². The van der Waals surface area contributed by atoms with Crippen molar-refractivity contribution in [1.82, 2.24) is 15.3 Å². The fourth-order valence-electron chi connectivity index (χ4n) is 3.11. The number of ether oxygens (including phenoxy) is 2. The highest BCUT2D eigenvalue weighted by Crippen LogP contribution is 2.22. The molecule has 2 atom stereocenters. The predicted molar refractivity (Wildman–Crippen MR) is 120 cm³/mol. The van der Waals surface area contributed by atoms with Crippen LogP contribution in [-0.2, 0) is 16.0 Å². The van der Waals surface area contributed by atoms with Crippen molar-refractivity contribution in [1.29, 1.82) is 0 Å². The van der Waals surface area contributed by atoms with Crippen LogP contribution in [0.1, 0.15) is 28.6 Å². The van der Waals surface area contributed by atoms with Crippen molar-refractivity contribution in [3.63, 3.8) is 0 Å². The van der Waals surface area contributed by atoms with E-state index in [1.807, 2.05) is 61.5 Å². The van der Waals surface area contributed by atoms with Crippen molar-refractivity contribution in [3.05, 3.63) is 77.1 Å². The normalized spacial score (nSPS) is 12.9. The van der Waals surface area contributed by atoms with Gasteiger partial charge in [0, 0.05) is 19.2 Å². The van der Waals surface area contributed by atoms with Crippen LogP contribution < -0.4 is 10.1 Å². The molecule has 7 nitrogen and oxygen atoms in total. The number of amides is 1. The van der Waals surface area contributed by atoms with E-state index in [1.165, 1.54) is 18.9 Å². The molecule has 0 spiro atoms. The van der Waals surface area contributed by atoms with Gasteiger partial charge in [0.05, 0.1) is 18.6 Å². The molecule has 2 unspecified atom stereocenters. The number of hydrogen-bond acceptors (Lipinski definition) is 6. The van der Waals surface area contributed by atoms with Gasteiger partial charge in [0.25, 0.3) is 0 Å². The van der Waals surface area contributed by atoms with Crippen LogP contribution in [-0.4, -0.2) is 47.2 Å². The second kappa shape index (κ2) is 11.0. The van der Waals surface area contributed by atoms with Gasteiger partial charge in [0.15, 0.2) is 11.4 Å². The number of carbonyl (C=O) groups excluding carboxylic acids is 1. The van der Waals surface area contributed by atoms with Crippen molar-refractivity contribution in [2.45, 2.75) is 30.8 Å². The Morgan fingerprint density at radius 1 is 1.16 bits per heavy atom. The summed E-state index contributed by atoms with van der Waals surface area (Å²) in [6.07, 6.45) is -0.451. The SMILES string of the molecule is COc1ccc(Cc2nc(SCC(=O)NC(c3ccccc3)C(O)OC)[nH]c2C)cc1. The molecule has 3 rings (SSSR count). The Balaban J connectivity index is 1.58. The predicted octanol–water partition coefficient (Wildman–Crippen LogP) is 3.23. The number of aliphatic hydroxyl groups excluding tert-OH is 1. The van der Waals surface area contributed by atoms with Gasteiger partial charge in [-0.2, -0.15) is 0 Å². The number of nitrogens with one attached hydrogen (secondary N) is 2. The zero-order chi connectivity index (χ0) is 22.2. The zero-order valence-electron chi connectivity index (χ0n) is 17.8. The van der Waals surface area contributed by atoms with Gasteiger partial charge in [-0.05, 0) is 30.2 Å². The molecule has 0 radical (unpaired) electrons. The summed E-state index contributed by atoms with van der Waals surface area (Å²) >= 11 is 1.32. The number of nitrogens with zero attached hydrogens (tertiary/aromatic N) is 1. The summed E-state index contributed by atoms with van der Waals surface area (Å²) in [5.41, 5.74) is 3.80. The molecule has 0 fully saturated rings. The molecule has 3 aromatic rings. The minimum atomic E-state index is -1.14. The molecule has 0 saturated carbocycles. The molecule has 1 aromatic heterocycles. The van der Waals surface area contributed by atoms with Gasteiger partial charge in [-0.1, -0.05) is 54.2 Å². The van der Waals surface area contributed by atoms with Crippen LogP contribution in [0.2, 0.25) is 0 Å². The fraction of sp³-hybridized carbons (Fsp3) is 0.304. The number of methoxy groups -OCH3 is 2. The highest BCUT2D eigenvalue weighted by atomic mass is 32.2. The maximum absolute atomic E-state index is 12.5. The van der Waals surface area contributed by atoms with Crippen molar-refractivity contribution < 1.29 is 19.4 Å². The molecular weight excluding hydrogens is 414 g/mol. The average Bonchev–Trinajstić information content (AvgIpc) is 3.15. The van der Waals surface area contributed by atoms with Crippen LogP contribution in [0.15, 0.2) is 59.8 Å². The number of imidazole rings is 1. The first kappa shape index (κ1) is 22.9. The van der Waals surface area contributed by atoms with Crippen LogP contribution in [0, 0.1) is 6.92 Å². The number of benzene rings is 2. The van der Waals surface area contributed by atoms with E-state index in [0.29, 0.717) is 11.6 Å². The van der Waals surface area contributed by atoms with Gasteiger partial charge in [-0.25, -0.2) is 4.98 Å². The van der Waals surface area contributed by atoms with E-state index in [9.17, 15) is 9.90 Å². The molecule has 0 bridgehead atoms. The Bertz CT molecular complexity index is 976. The van der Waals surface area contributed by atoms with E-state index in [2.05, 4.69) is 15.3 Å². The van der Waals surface area contributed by atoms with Crippen LogP contribution >= 0.6 is 11.8 Å². The minimum absolute atomic E-state index is 0.161.